The van der Waals surface area contributed by atoms with E-state index in [9.17, 15) is 9.18 Å². The van der Waals surface area contributed by atoms with Crippen molar-refractivity contribution in [1.29, 1.82) is 0 Å². The van der Waals surface area contributed by atoms with E-state index < -0.39 is 0 Å². The van der Waals surface area contributed by atoms with Crippen LogP contribution in [-0.2, 0) is 11.3 Å². The number of nitrogens with zero attached hydrogens (tertiary/aromatic N) is 2. The van der Waals surface area contributed by atoms with Crippen LogP contribution in [0.25, 0.3) is 11.5 Å². The molecule has 6 heteroatoms. The smallest absolute Gasteiger partial charge is 0.229 e. The number of nitrogens with one attached hydrogen (secondary N) is 1. The standard InChI is InChI=1S/C22H30FN3O2/c1-15(2)8-11-24-21(27)17-9-12-26(13-10-17)14-20-16(3)28-22(25-20)18-6-4-5-7-19(18)23/h4-7,15,17H,8-14H2,1-3H3,(H,24,27). The van der Waals surface area contributed by atoms with Crippen molar-refractivity contribution in [1.82, 2.24) is 15.2 Å². The predicted octanol–water partition coefficient (Wildman–Crippen LogP) is 4.16. The molecular formula is C22H30FN3O2. The lowest BCUT2D eigenvalue weighted by Gasteiger charge is -2.30. The van der Waals surface area contributed by atoms with Gasteiger partial charge in [-0.3, -0.25) is 9.69 Å². The molecule has 1 N–H and O–H groups in total. The van der Waals surface area contributed by atoms with Crippen molar-refractivity contribution in [3.8, 4) is 11.5 Å². The minimum atomic E-state index is -0.334. The maximum absolute atomic E-state index is 14.0. The van der Waals surface area contributed by atoms with Gasteiger partial charge in [-0.05, 0) is 57.3 Å². The van der Waals surface area contributed by atoms with Crippen LogP contribution in [-0.4, -0.2) is 35.4 Å². The Labute approximate surface area is 166 Å². The average Bonchev–Trinajstić information content (AvgIpc) is 3.02. The number of amides is 1. The van der Waals surface area contributed by atoms with Crippen molar-refractivity contribution in [3.05, 3.63) is 41.5 Å². The van der Waals surface area contributed by atoms with Gasteiger partial charge < -0.3 is 9.73 Å². The number of piperidine rings is 1. The van der Waals surface area contributed by atoms with Crippen LogP contribution in [0.4, 0.5) is 4.39 Å². The van der Waals surface area contributed by atoms with Gasteiger partial charge in [0.25, 0.3) is 0 Å². The van der Waals surface area contributed by atoms with Crippen LogP contribution in [0, 0.1) is 24.6 Å². The maximum atomic E-state index is 14.0. The summed E-state index contributed by atoms with van der Waals surface area (Å²) in [6.45, 7) is 9.30. The van der Waals surface area contributed by atoms with Crippen LogP contribution in [0.5, 0.6) is 0 Å². The summed E-state index contributed by atoms with van der Waals surface area (Å²) in [7, 11) is 0. The molecule has 28 heavy (non-hydrogen) atoms. The molecule has 2 aromatic rings. The predicted molar refractivity (Wildman–Crippen MR) is 107 cm³/mol. The molecule has 2 heterocycles. The van der Waals surface area contributed by atoms with E-state index in [0.717, 1.165) is 44.6 Å². The van der Waals surface area contributed by atoms with E-state index in [4.69, 9.17) is 4.42 Å². The fourth-order valence-corrected chi connectivity index (χ4v) is 3.52. The summed E-state index contributed by atoms with van der Waals surface area (Å²) < 4.78 is 19.7. The molecule has 152 valence electrons. The second-order valence-electron chi connectivity index (χ2n) is 8.03. The van der Waals surface area contributed by atoms with Gasteiger partial charge in [-0.15, -0.1) is 0 Å². The zero-order chi connectivity index (χ0) is 20.1. The van der Waals surface area contributed by atoms with E-state index >= 15 is 0 Å². The number of carbonyl (C=O) groups is 1. The van der Waals surface area contributed by atoms with Crippen LogP contribution in [0.2, 0.25) is 0 Å². The summed E-state index contributed by atoms with van der Waals surface area (Å²) in [5.74, 6) is 1.58. The van der Waals surface area contributed by atoms with Crippen molar-refractivity contribution in [3.63, 3.8) is 0 Å². The number of benzene rings is 1. The quantitative estimate of drug-likeness (QED) is 0.775. The minimum absolute atomic E-state index is 0.0933. The van der Waals surface area contributed by atoms with Gasteiger partial charge in [0.15, 0.2) is 0 Å². The molecule has 0 atom stereocenters. The van der Waals surface area contributed by atoms with Crippen LogP contribution >= 0.6 is 0 Å². The molecule has 0 spiro atoms. The summed E-state index contributed by atoms with van der Waals surface area (Å²) in [6, 6.07) is 6.51. The number of aryl methyl sites for hydroxylation is 1. The van der Waals surface area contributed by atoms with Gasteiger partial charge in [-0.2, -0.15) is 0 Å². The highest BCUT2D eigenvalue weighted by Gasteiger charge is 2.26. The van der Waals surface area contributed by atoms with Crippen molar-refractivity contribution < 1.29 is 13.6 Å². The zero-order valence-electron chi connectivity index (χ0n) is 17.0. The molecule has 1 aromatic carbocycles. The molecule has 1 aliphatic heterocycles. The number of halogens is 1. The van der Waals surface area contributed by atoms with E-state index in [1.165, 1.54) is 6.07 Å². The van der Waals surface area contributed by atoms with Crippen molar-refractivity contribution in [2.45, 2.75) is 46.6 Å². The lowest BCUT2D eigenvalue weighted by molar-refractivity contribution is -0.126. The Balaban J connectivity index is 1.53. The molecule has 0 unspecified atom stereocenters. The van der Waals surface area contributed by atoms with E-state index in [2.05, 4.69) is 29.0 Å². The molecule has 0 radical (unpaired) electrons. The topological polar surface area (TPSA) is 58.4 Å². The fraction of sp³-hybridized carbons (Fsp3) is 0.545. The van der Waals surface area contributed by atoms with Crippen molar-refractivity contribution in [2.75, 3.05) is 19.6 Å². The summed E-state index contributed by atoms with van der Waals surface area (Å²) in [5.41, 5.74) is 1.21. The molecule has 1 amide bonds. The molecule has 1 aliphatic rings. The Morgan fingerprint density at radius 1 is 1.32 bits per heavy atom. The first-order valence-electron chi connectivity index (χ1n) is 10.1. The number of aromatic nitrogens is 1. The van der Waals surface area contributed by atoms with E-state index in [-0.39, 0.29) is 17.6 Å². The van der Waals surface area contributed by atoms with Gasteiger partial charge in [0, 0.05) is 19.0 Å². The SMILES string of the molecule is Cc1oc(-c2ccccc2F)nc1CN1CCC(C(=O)NCCC(C)C)CC1. The number of oxazole rings is 1. The molecule has 1 aromatic heterocycles. The zero-order valence-corrected chi connectivity index (χ0v) is 17.0. The first-order chi connectivity index (χ1) is 13.4. The third kappa shape index (κ3) is 5.19. The van der Waals surface area contributed by atoms with Gasteiger partial charge in [0.2, 0.25) is 11.8 Å². The molecule has 0 saturated carbocycles. The summed E-state index contributed by atoms with van der Waals surface area (Å²) >= 11 is 0. The second kappa shape index (κ2) is 9.32. The highest BCUT2D eigenvalue weighted by atomic mass is 19.1. The molecule has 0 aliphatic carbocycles. The van der Waals surface area contributed by atoms with Crippen LogP contribution < -0.4 is 5.32 Å². The lowest BCUT2D eigenvalue weighted by Crippen LogP contribution is -2.40. The first-order valence-corrected chi connectivity index (χ1v) is 10.1. The van der Waals surface area contributed by atoms with Crippen LogP contribution in [0.1, 0.15) is 44.6 Å². The highest BCUT2D eigenvalue weighted by molar-refractivity contribution is 5.78. The lowest BCUT2D eigenvalue weighted by atomic mass is 9.95. The van der Waals surface area contributed by atoms with Gasteiger partial charge in [-0.25, -0.2) is 9.37 Å². The monoisotopic (exact) mass is 387 g/mol. The number of likely N-dealkylation sites (tertiary alicyclic amines) is 1. The number of carbonyl (C=O) groups excluding carboxylic acids is 1. The Kier molecular flexibility index (Phi) is 6.83. The van der Waals surface area contributed by atoms with Crippen molar-refractivity contribution in [2.24, 2.45) is 11.8 Å². The van der Waals surface area contributed by atoms with Crippen LogP contribution in [0.15, 0.2) is 28.7 Å². The van der Waals surface area contributed by atoms with E-state index in [0.29, 0.717) is 29.7 Å². The molecule has 5 nitrogen and oxygen atoms in total. The third-order valence-electron chi connectivity index (χ3n) is 5.35. The Bertz CT molecular complexity index is 795. The molecule has 1 saturated heterocycles. The maximum Gasteiger partial charge on any atom is 0.229 e. The van der Waals surface area contributed by atoms with E-state index in [1.807, 2.05) is 6.92 Å². The van der Waals surface area contributed by atoms with Gasteiger partial charge >= 0.3 is 0 Å². The highest BCUT2D eigenvalue weighted by Crippen LogP contribution is 2.26. The van der Waals surface area contributed by atoms with Gasteiger partial charge in [0.1, 0.15) is 11.6 Å². The van der Waals surface area contributed by atoms with Crippen molar-refractivity contribution >= 4 is 5.91 Å². The van der Waals surface area contributed by atoms with Gasteiger partial charge in [-0.1, -0.05) is 26.0 Å². The first kappa shape index (κ1) is 20.5. The Morgan fingerprint density at radius 2 is 2.04 bits per heavy atom. The van der Waals surface area contributed by atoms with Gasteiger partial charge in [0.05, 0.1) is 11.3 Å². The number of hydrogen-bond donors (Lipinski definition) is 1. The number of rotatable bonds is 7. The number of hydrogen-bond acceptors (Lipinski definition) is 4. The average molecular weight is 387 g/mol. The fourth-order valence-electron chi connectivity index (χ4n) is 3.52. The second-order valence-corrected chi connectivity index (χ2v) is 8.03. The third-order valence-corrected chi connectivity index (χ3v) is 5.35. The van der Waals surface area contributed by atoms with E-state index in [1.54, 1.807) is 18.2 Å². The normalized spacial score (nSPS) is 15.9. The molecule has 1 fully saturated rings. The van der Waals surface area contributed by atoms with Crippen LogP contribution in [0.3, 0.4) is 0 Å². The molecule has 0 bridgehead atoms. The molecular weight excluding hydrogens is 357 g/mol. The Morgan fingerprint density at radius 3 is 2.71 bits per heavy atom. The summed E-state index contributed by atoms with van der Waals surface area (Å²) in [6.07, 6.45) is 2.72. The Hall–Kier alpha value is -2.21. The minimum Gasteiger partial charge on any atom is -0.441 e. The summed E-state index contributed by atoms with van der Waals surface area (Å²) in [4.78, 5) is 19.1. The molecule has 3 rings (SSSR count). The largest absolute Gasteiger partial charge is 0.441 e. The summed E-state index contributed by atoms with van der Waals surface area (Å²) in [5, 5.41) is 3.06.